The minimum Gasteiger partial charge on any atom is -0.449 e. The molecule has 0 bridgehead atoms. The molecule has 1 heterocycles. The normalized spacial score (nSPS) is 20.3. The number of nitriles is 2. The van der Waals surface area contributed by atoms with Gasteiger partial charge in [0, 0.05) is 5.71 Å². The number of amides is 3. The van der Waals surface area contributed by atoms with Crippen LogP contribution in [0.1, 0.15) is 31.0 Å². The zero-order chi connectivity index (χ0) is 17.0. The quantitative estimate of drug-likeness (QED) is 0.834. The highest BCUT2D eigenvalue weighted by Gasteiger charge is 2.42. The maximum Gasteiger partial charge on any atom is 0.418 e. The van der Waals surface area contributed by atoms with Crippen molar-refractivity contribution in [1.82, 2.24) is 4.90 Å². The minimum absolute atomic E-state index is 0.0908. The molecule has 0 aromatic heterocycles. The Hall–Kier alpha value is -3.19. The van der Waals surface area contributed by atoms with E-state index in [-0.39, 0.29) is 6.61 Å². The van der Waals surface area contributed by atoms with Gasteiger partial charge in [-0.15, -0.1) is 0 Å². The molecule has 1 aromatic rings. The molecule has 3 amide bonds. The molecule has 7 nitrogen and oxygen atoms in total. The lowest BCUT2D eigenvalue weighted by molar-refractivity contribution is 0.0982. The smallest absolute Gasteiger partial charge is 0.418 e. The Kier molecular flexibility index (Phi) is 4.72. The summed E-state index contributed by atoms with van der Waals surface area (Å²) in [5, 5.41) is 18.5. The van der Waals surface area contributed by atoms with Crippen molar-refractivity contribution in [1.29, 1.82) is 10.5 Å². The second-order valence-corrected chi connectivity index (χ2v) is 4.89. The van der Waals surface area contributed by atoms with Crippen molar-refractivity contribution in [3.05, 3.63) is 35.4 Å². The molecule has 0 N–H and O–H groups in total. The predicted molar refractivity (Wildman–Crippen MR) is 80.4 cm³/mol. The molecule has 0 saturated heterocycles. The van der Waals surface area contributed by atoms with Crippen molar-refractivity contribution >= 4 is 17.8 Å². The van der Waals surface area contributed by atoms with Gasteiger partial charge in [0.1, 0.15) is 5.92 Å². The second kappa shape index (κ2) is 6.71. The van der Waals surface area contributed by atoms with E-state index in [9.17, 15) is 14.9 Å². The van der Waals surface area contributed by atoms with E-state index in [2.05, 4.69) is 11.1 Å². The van der Waals surface area contributed by atoms with Crippen LogP contribution in [0.4, 0.5) is 9.59 Å². The summed E-state index contributed by atoms with van der Waals surface area (Å²) in [6.07, 6.45) is -0.860. The molecule has 7 heteroatoms. The SMILES string of the molecule is CCOC(=O)N1C(=O)N=C(C)C(C#N)C1c1cccc(C#N)c1. The standard InChI is InChI=1S/C16H14N4O3/c1-3-23-16(22)20-14(12-6-4-5-11(7-12)8-17)13(9-18)10(2)19-15(20)21/h4-7,13-14H,3H2,1-2H3. The van der Waals surface area contributed by atoms with E-state index in [1.807, 2.05) is 6.07 Å². The fraction of sp³-hybridized carbons (Fsp3) is 0.312. The highest BCUT2D eigenvalue weighted by molar-refractivity contribution is 6.04. The molecule has 1 aromatic carbocycles. The van der Waals surface area contributed by atoms with Gasteiger partial charge in [0.15, 0.2) is 0 Å². The number of nitrogens with zero attached hydrogens (tertiary/aromatic N) is 4. The molecule has 2 rings (SSSR count). The van der Waals surface area contributed by atoms with E-state index >= 15 is 0 Å². The van der Waals surface area contributed by atoms with E-state index in [1.54, 1.807) is 38.1 Å². The van der Waals surface area contributed by atoms with Gasteiger partial charge in [0.2, 0.25) is 0 Å². The molecule has 0 saturated carbocycles. The van der Waals surface area contributed by atoms with Crippen LogP contribution < -0.4 is 0 Å². The third-order valence-corrected chi connectivity index (χ3v) is 3.48. The summed E-state index contributed by atoms with van der Waals surface area (Å²) >= 11 is 0. The van der Waals surface area contributed by atoms with Crippen molar-refractivity contribution in [3.63, 3.8) is 0 Å². The molecule has 23 heavy (non-hydrogen) atoms. The van der Waals surface area contributed by atoms with E-state index in [4.69, 9.17) is 10.00 Å². The van der Waals surface area contributed by atoms with Crippen molar-refractivity contribution in [2.75, 3.05) is 6.61 Å². The topological polar surface area (TPSA) is 107 Å². The average molecular weight is 310 g/mol. The fourth-order valence-electron chi connectivity index (χ4n) is 2.45. The number of aliphatic imine (C=N–C) groups is 1. The lowest BCUT2D eigenvalue weighted by Crippen LogP contribution is -2.46. The summed E-state index contributed by atoms with van der Waals surface area (Å²) in [6, 6.07) is 8.86. The molecule has 2 atom stereocenters. The van der Waals surface area contributed by atoms with Crippen molar-refractivity contribution in [2.24, 2.45) is 10.9 Å². The molecule has 2 unspecified atom stereocenters. The molecular formula is C16H14N4O3. The third kappa shape index (κ3) is 3.04. The number of rotatable bonds is 2. The first-order chi connectivity index (χ1) is 11.0. The number of urea groups is 1. The number of hydrogen-bond donors (Lipinski definition) is 0. The average Bonchev–Trinajstić information content (AvgIpc) is 2.54. The van der Waals surface area contributed by atoms with E-state index in [0.717, 1.165) is 4.90 Å². The minimum atomic E-state index is -0.877. The van der Waals surface area contributed by atoms with Crippen LogP contribution in [-0.2, 0) is 4.74 Å². The first-order valence-electron chi connectivity index (χ1n) is 6.98. The van der Waals surface area contributed by atoms with E-state index in [0.29, 0.717) is 16.8 Å². The van der Waals surface area contributed by atoms with E-state index in [1.165, 1.54) is 0 Å². The number of hydrogen-bond acceptors (Lipinski definition) is 5. The molecule has 0 aliphatic carbocycles. The highest BCUT2D eigenvalue weighted by atomic mass is 16.6. The summed E-state index contributed by atoms with van der Waals surface area (Å²) in [5.74, 6) is -0.800. The number of carbonyl (C=O) groups excluding carboxylic acids is 2. The second-order valence-electron chi connectivity index (χ2n) is 4.89. The van der Waals surface area contributed by atoms with Crippen molar-refractivity contribution in [2.45, 2.75) is 19.9 Å². The van der Waals surface area contributed by atoms with Gasteiger partial charge in [0.25, 0.3) is 0 Å². The lowest BCUT2D eigenvalue weighted by Gasteiger charge is -2.34. The van der Waals surface area contributed by atoms with Crippen LogP contribution in [0, 0.1) is 28.6 Å². The van der Waals surface area contributed by atoms with Crippen LogP contribution in [0.15, 0.2) is 29.3 Å². The van der Waals surface area contributed by atoms with Gasteiger partial charge in [-0.05, 0) is 31.5 Å². The van der Waals surface area contributed by atoms with Gasteiger partial charge in [-0.1, -0.05) is 12.1 Å². The molecule has 116 valence electrons. The molecule has 1 aliphatic heterocycles. The third-order valence-electron chi connectivity index (χ3n) is 3.48. The van der Waals surface area contributed by atoms with Crippen LogP contribution in [0.5, 0.6) is 0 Å². The number of benzene rings is 1. The Labute approximate surface area is 133 Å². The summed E-state index contributed by atoms with van der Waals surface area (Å²) < 4.78 is 4.91. The van der Waals surface area contributed by atoms with Crippen LogP contribution in [0.3, 0.4) is 0 Å². The maximum absolute atomic E-state index is 12.2. The Morgan fingerprint density at radius 3 is 2.78 bits per heavy atom. The van der Waals surface area contributed by atoms with Crippen molar-refractivity contribution in [3.8, 4) is 12.1 Å². The number of imide groups is 1. The molecular weight excluding hydrogens is 296 g/mol. The Morgan fingerprint density at radius 1 is 1.43 bits per heavy atom. The predicted octanol–water partition coefficient (Wildman–Crippen LogP) is 2.79. The van der Waals surface area contributed by atoms with Crippen LogP contribution in [-0.4, -0.2) is 29.3 Å². The largest absolute Gasteiger partial charge is 0.449 e. The van der Waals surface area contributed by atoms with Crippen LogP contribution in [0.2, 0.25) is 0 Å². The van der Waals surface area contributed by atoms with Crippen molar-refractivity contribution < 1.29 is 14.3 Å². The summed E-state index contributed by atoms with van der Waals surface area (Å²) in [7, 11) is 0. The zero-order valence-corrected chi connectivity index (χ0v) is 12.7. The van der Waals surface area contributed by atoms with Gasteiger partial charge in [-0.3, -0.25) is 0 Å². The first-order valence-corrected chi connectivity index (χ1v) is 6.98. The molecule has 0 fully saturated rings. The number of ether oxygens (including phenoxy) is 1. The highest BCUT2D eigenvalue weighted by Crippen LogP contribution is 2.34. The van der Waals surface area contributed by atoms with Crippen LogP contribution >= 0.6 is 0 Å². The summed E-state index contributed by atoms with van der Waals surface area (Å²) in [4.78, 5) is 28.9. The molecule has 1 aliphatic rings. The number of carbonyl (C=O) groups is 2. The van der Waals surface area contributed by atoms with E-state index < -0.39 is 24.1 Å². The fourth-order valence-corrected chi connectivity index (χ4v) is 2.45. The lowest BCUT2D eigenvalue weighted by atomic mass is 9.87. The molecule has 0 radical (unpaired) electrons. The Morgan fingerprint density at radius 2 is 2.17 bits per heavy atom. The van der Waals surface area contributed by atoms with Gasteiger partial charge in [-0.25, -0.2) is 19.5 Å². The van der Waals surface area contributed by atoms with Gasteiger partial charge < -0.3 is 4.74 Å². The Balaban J connectivity index is 2.58. The van der Waals surface area contributed by atoms with Gasteiger partial charge in [-0.2, -0.15) is 10.5 Å². The van der Waals surface area contributed by atoms with Crippen LogP contribution in [0.25, 0.3) is 0 Å². The molecule has 0 spiro atoms. The maximum atomic E-state index is 12.2. The summed E-state index contributed by atoms with van der Waals surface area (Å²) in [5.41, 5.74) is 1.20. The van der Waals surface area contributed by atoms with Gasteiger partial charge in [0.05, 0.1) is 30.4 Å². The first kappa shape index (κ1) is 16.2. The van der Waals surface area contributed by atoms with Gasteiger partial charge >= 0.3 is 12.1 Å². The monoisotopic (exact) mass is 310 g/mol. The Bertz CT molecular complexity index is 757. The summed E-state index contributed by atoms with van der Waals surface area (Å²) in [6.45, 7) is 3.27. The zero-order valence-electron chi connectivity index (χ0n) is 12.7.